The van der Waals surface area contributed by atoms with E-state index in [1.54, 1.807) is 6.92 Å². The maximum absolute atomic E-state index is 10.6. The first kappa shape index (κ1) is 11.7. The van der Waals surface area contributed by atoms with Crippen LogP contribution in [-0.4, -0.2) is 24.4 Å². The molecule has 1 atom stereocenters. The molecule has 1 unspecified atom stereocenters. The minimum atomic E-state index is -0.789. The molecule has 92 valence electrons. The summed E-state index contributed by atoms with van der Waals surface area (Å²) in [4.78, 5) is 10.6. The number of benzene rings is 1. The van der Waals surface area contributed by atoms with Gasteiger partial charge in [-0.2, -0.15) is 0 Å². The SMILES string of the molecule is CC(CNCc1ccc2c(c1)OCO2)C(=O)O. The van der Waals surface area contributed by atoms with Crippen LogP contribution in [0.25, 0.3) is 0 Å². The van der Waals surface area contributed by atoms with Gasteiger partial charge in [0.15, 0.2) is 11.5 Å². The van der Waals surface area contributed by atoms with E-state index in [-0.39, 0.29) is 12.7 Å². The number of fused-ring (bicyclic) bond motifs is 1. The standard InChI is InChI=1S/C12H15NO4/c1-8(12(14)15)5-13-6-9-2-3-10-11(4-9)17-7-16-10/h2-4,8,13H,5-7H2,1H3,(H,14,15). The summed E-state index contributed by atoms with van der Waals surface area (Å²) in [5, 5.41) is 11.8. The quantitative estimate of drug-likeness (QED) is 0.806. The molecule has 1 aliphatic rings. The van der Waals surface area contributed by atoms with Gasteiger partial charge in [0, 0.05) is 13.1 Å². The van der Waals surface area contributed by atoms with E-state index in [0.717, 1.165) is 17.1 Å². The Labute approximate surface area is 99.3 Å². The zero-order chi connectivity index (χ0) is 12.3. The summed E-state index contributed by atoms with van der Waals surface area (Å²) < 4.78 is 10.5. The minimum Gasteiger partial charge on any atom is -0.481 e. The largest absolute Gasteiger partial charge is 0.481 e. The minimum absolute atomic E-state index is 0.266. The molecule has 0 spiro atoms. The lowest BCUT2D eigenvalue weighted by molar-refractivity contribution is -0.140. The van der Waals surface area contributed by atoms with E-state index in [1.807, 2.05) is 18.2 Å². The number of nitrogens with one attached hydrogen (secondary N) is 1. The predicted molar refractivity (Wildman–Crippen MR) is 61.1 cm³/mol. The van der Waals surface area contributed by atoms with Crippen molar-refractivity contribution in [1.82, 2.24) is 5.32 Å². The van der Waals surface area contributed by atoms with Gasteiger partial charge in [-0.3, -0.25) is 4.79 Å². The predicted octanol–water partition coefficient (Wildman–Crippen LogP) is 1.23. The third-order valence-corrected chi connectivity index (χ3v) is 2.64. The second-order valence-electron chi connectivity index (χ2n) is 4.06. The number of carbonyl (C=O) groups is 1. The second kappa shape index (κ2) is 5.05. The van der Waals surface area contributed by atoms with Gasteiger partial charge in [-0.1, -0.05) is 13.0 Å². The molecule has 0 radical (unpaired) electrons. The first-order chi connectivity index (χ1) is 8.16. The van der Waals surface area contributed by atoms with Crippen molar-refractivity contribution in [2.24, 2.45) is 5.92 Å². The number of hydrogen-bond acceptors (Lipinski definition) is 4. The Bertz CT molecular complexity index is 419. The first-order valence-corrected chi connectivity index (χ1v) is 5.49. The maximum atomic E-state index is 10.6. The van der Waals surface area contributed by atoms with Crippen molar-refractivity contribution in [3.63, 3.8) is 0 Å². The van der Waals surface area contributed by atoms with Crippen LogP contribution in [0.2, 0.25) is 0 Å². The highest BCUT2D eigenvalue weighted by molar-refractivity contribution is 5.69. The Hall–Kier alpha value is -1.75. The normalized spacial score (nSPS) is 14.6. The molecule has 0 saturated carbocycles. The van der Waals surface area contributed by atoms with Crippen molar-refractivity contribution in [3.8, 4) is 11.5 Å². The number of hydrogen-bond donors (Lipinski definition) is 2. The number of carboxylic acid groups (broad SMARTS) is 1. The lowest BCUT2D eigenvalue weighted by Crippen LogP contribution is -2.25. The van der Waals surface area contributed by atoms with Crippen molar-refractivity contribution >= 4 is 5.97 Å². The van der Waals surface area contributed by atoms with Gasteiger partial charge in [-0.15, -0.1) is 0 Å². The van der Waals surface area contributed by atoms with Gasteiger partial charge in [-0.25, -0.2) is 0 Å². The van der Waals surface area contributed by atoms with Crippen LogP contribution in [0, 0.1) is 5.92 Å². The van der Waals surface area contributed by atoms with Crippen molar-refractivity contribution in [1.29, 1.82) is 0 Å². The summed E-state index contributed by atoms with van der Waals surface area (Å²) in [6, 6.07) is 5.70. The van der Waals surface area contributed by atoms with Crippen molar-refractivity contribution in [3.05, 3.63) is 23.8 Å². The average molecular weight is 237 g/mol. The summed E-state index contributed by atoms with van der Waals surface area (Å²) in [5.74, 6) is 0.329. The number of rotatable bonds is 5. The van der Waals surface area contributed by atoms with E-state index >= 15 is 0 Å². The van der Waals surface area contributed by atoms with Crippen LogP contribution in [0.1, 0.15) is 12.5 Å². The maximum Gasteiger partial charge on any atom is 0.307 e. The van der Waals surface area contributed by atoms with Gasteiger partial charge in [0.1, 0.15) is 0 Å². The van der Waals surface area contributed by atoms with Crippen molar-refractivity contribution in [2.75, 3.05) is 13.3 Å². The molecule has 1 aromatic rings. The molecule has 0 aliphatic carbocycles. The molecule has 2 rings (SSSR count). The van der Waals surface area contributed by atoms with E-state index in [0.29, 0.717) is 13.1 Å². The number of carboxylic acids is 1. The van der Waals surface area contributed by atoms with Crippen LogP contribution in [-0.2, 0) is 11.3 Å². The lowest BCUT2D eigenvalue weighted by atomic mass is 10.1. The highest BCUT2D eigenvalue weighted by Gasteiger charge is 2.13. The fourth-order valence-electron chi connectivity index (χ4n) is 1.57. The van der Waals surface area contributed by atoms with Gasteiger partial charge >= 0.3 is 5.97 Å². The monoisotopic (exact) mass is 237 g/mol. The molecule has 0 amide bonds. The van der Waals surface area contributed by atoms with Crippen LogP contribution in [0.3, 0.4) is 0 Å². The van der Waals surface area contributed by atoms with E-state index in [2.05, 4.69) is 5.32 Å². The molecule has 0 fully saturated rings. The van der Waals surface area contributed by atoms with Gasteiger partial charge in [0.05, 0.1) is 5.92 Å². The molecule has 5 nitrogen and oxygen atoms in total. The summed E-state index contributed by atoms with van der Waals surface area (Å²) in [5.41, 5.74) is 1.05. The van der Waals surface area contributed by atoms with Gasteiger partial charge < -0.3 is 19.9 Å². The van der Waals surface area contributed by atoms with Crippen LogP contribution in [0.15, 0.2) is 18.2 Å². The Morgan fingerprint density at radius 3 is 3.00 bits per heavy atom. The van der Waals surface area contributed by atoms with Crippen LogP contribution in [0.4, 0.5) is 0 Å². The molecule has 2 N–H and O–H groups in total. The van der Waals surface area contributed by atoms with Crippen LogP contribution in [0.5, 0.6) is 11.5 Å². The van der Waals surface area contributed by atoms with Crippen LogP contribution < -0.4 is 14.8 Å². The van der Waals surface area contributed by atoms with Gasteiger partial charge in [-0.05, 0) is 17.7 Å². The molecular weight excluding hydrogens is 222 g/mol. The molecule has 0 saturated heterocycles. The highest BCUT2D eigenvalue weighted by atomic mass is 16.7. The van der Waals surface area contributed by atoms with E-state index in [4.69, 9.17) is 14.6 Å². The zero-order valence-corrected chi connectivity index (χ0v) is 9.60. The molecule has 1 aliphatic heterocycles. The van der Waals surface area contributed by atoms with Crippen molar-refractivity contribution < 1.29 is 19.4 Å². The van der Waals surface area contributed by atoms with Crippen molar-refractivity contribution in [2.45, 2.75) is 13.5 Å². The van der Waals surface area contributed by atoms with E-state index < -0.39 is 5.97 Å². The average Bonchev–Trinajstić information content (AvgIpc) is 2.75. The lowest BCUT2D eigenvalue weighted by Gasteiger charge is -2.08. The Balaban J connectivity index is 1.85. The smallest absolute Gasteiger partial charge is 0.307 e. The van der Waals surface area contributed by atoms with E-state index in [9.17, 15) is 4.79 Å². The molecular formula is C12H15NO4. The number of ether oxygens (including phenoxy) is 2. The molecule has 5 heteroatoms. The third-order valence-electron chi connectivity index (χ3n) is 2.64. The molecule has 17 heavy (non-hydrogen) atoms. The number of aliphatic carboxylic acids is 1. The van der Waals surface area contributed by atoms with Gasteiger partial charge in [0.2, 0.25) is 6.79 Å². The van der Waals surface area contributed by atoms with E-state index in [1.165, 1.54) is 0 Å². The Kier molecular flexibility index (Phi) is 3.49. The Morgan fingerprint density at radius 1 is 1.47 bits per heavy atom. The summed E-state index contributed by atoms with van der Waals surface area (Å²) >= 11 is 0. The topological polar surface area (TPSA) is 67.8 Å². The van der Waals surface area contributed by atoms with Gasteiger partial charge in [0.25, 0.3) is 0 Å². The third kappa shape index (κ3) is 2.88. The fourth-order valence-corrected chi connectivity index (χ4v) is 1.57. The summed E-state index contributed by atoms with van der Waals surface area (Å²) in [7, 11) is 0. The molecule has 0 bridgehead atoms. The van der Waals surface area contributed by atoms with Crippen LogP contribution >= 0.6 is 0 Å². The fraction of sp³-hybridized carbons (Fsp3) is 0.417. The molecule has 1 heterocycles. The first-order valence-electron chi connectivity index (χ1n) is 5.49. The summed E-state index contributed by atoms with van der Waals surface area (Å²) in [6.07, 6.45) is 0. The molecule has 0 aromatic heterocycles. The summed E-state index contributed by atoms with van der Waals surface area (Å²) in [6.45, 7) is 3.01. The zero-order valence-electron chi connectivity index (χ0n) is 9.60. The molecule has 1 aromatic carbocycles. The highest BCUT2D eigenvalue weighted by Crippen LogP contribution is 2.32. The Morgan fingerprint density at radius 2 is 2.24 bits per heavy atom. The second-order valence-corrected chi connectivity index (χ2v) is 4.06.